The first-order chi connectivity index (χ1) is 20.0. The number of aromatic hydroxyl groups is 1. The highest BCUT2D eigenvalue weighted by Crippen LogP contribution is 2.40. The van der Waals surface area contributed by atoms with Gasteiger partial charge in [0.15, 0.2) is 17.2 Å². The van der Waals surface area contributed by atoms with Gasteiger partial charge in [-0.15, -0.1) is 10.2 Å². The third-order valence-corrected chi connectivity index (χ3v) is 9.59. The van der Waals surface area contributed by atoms with E-state index < -0.39 is 5.82 Å². The van der Waals surface area contributed by atoms with Crippen LogP contribution < -0.4 is 10.2 Å². The highest BCUT2D eigenvalue weighted by molar-refractivity contribution is 6.01. The van der Waals surface area contributed by atoms with E-state index in [4.69, 9.17) is 4.98 Å². The third kappa shape index (κ3) is 3.88. The molecule has 0 aliphatic carbocycles. The van der Waals surface area contributed by atoms with Gasteiger partial charge >= 0.3 is 0 Å². The summed E-state index contributed by atoms with van der Waals surface area (Å²) in [6, 6.07) is 9.81. The minimum Gasteiger partial charge on any atom is -0.508 e. The number of anilines is 1. The van der Waals surface area contributed by atoms with Crippen molar-refractivity contribution in [2.75, 3.05) is 31.1 Å². The van der Waals surface area contributed by atoms with Gasteiger partial charge in [-0.25, -0.2) is 14.4 Å². The van der Waals surface area contributed by atoms with Gasteiger partial charge in [0.2, 0.25) is 5.82 Å². The van der Waals surface area contributed by atoms with Crippen molar-refractivity contribution in [2.45, 2.75) is 63.1 Å². The summed E-state index contributed by atoms with van der Waals surface area (Å²) in [5.74, 6) is 7.22. The van der Waals surface area contributed by atoms with Crippen LogP contribution in [0.4, 0.5) is 10.2 Å². The lowest BCUT2D eigenvalue weighted by Crippen LogP contribution is -2.44. The summed E-state index contributed by atoms with van der Waals surface area (Å²) in [7, 11) is 0. The topological polar surface area (TPSA) is 90.3 Å². The number of halogens is 1. The number of rotatable bonds is 3. The Labute approximate surface area is 238 Å². The zero-order chi connectivity index (χ0) is 27.7. The molecule has 9 heteroatoms. The van der Waals surface area contributed by atoms with Gasteiger partial charge in [0.25, 0.3) is 0 Å². The fraction of sp³-hybridized carbons (Fsp3) is 0.438. The number of aryl methyl sites for hydroxylation is 1. The lowest BCUT2D eigenvalue weighted by molar-refractivity contribution is 0.261. The van der Waals surface area contributed by atoms with Crippen LogP contribution in [0.25, 0.3) is 33.1 Å². The number of piperazine rings is 1. The maximum Gasteiger partial charge on any atom is 0.207 e. The lowest BCUT2D eigenvalue weighted by atomic mass is 9.95. The smallest absolute Gasteiger partial charge is 0.207 e. The molecule has 4 saturated heterocycles. The first-order valence-corrected chi connectivity index (χ1v) is 14.8. The monoisotopic (exact) mass is 549 g/mol. The molecule has 2 aromatic carbocycles. The summed E-state index contributed by atoms with van der Waals surface area (Å²) in [5.41, 5.74) is 1.98. The summed E-state index contributed by atoms with van der Waals surface area (Å²) < 4.78 is 16.7. The van der Waals surface area contributed by atoms with Crippen molar-refractivity contribution in [1.82, 2.24) is 30.4 Å². The molecule has 4 aliphatic heterocycles. The molecule has 208 valence electrons. The second-order valence-corrected chi connectivity index (χ2v) is 11.9. The number of phenolic OH excluding ortho intramolecular Hbond substituents is 1. The predicted molar refractivity (Wildman–Crippen MR) is 156 cm³/mol. The Balaban J connectivity index is 1.33. The highest BCUT2D eigenvalue weighted by Gasteiger charge is 2.43. The van der Waals surface area contributed by atoms with E-state index in [2.05, 4.69) is 49.1 Å². The highest BCUT2D eigenvalue weighted by atomic mass is 19.1. The van der Waals surface area contributed by atoms with Crippen molar-refractivity contribution in [2.24, 2.45) is 0 Å². The van der Waals surface area contributed by atoms with E-state index in [1.165, 1.54) is 0 Å². The standard InChI is InChI=1S/C32H32FN7O/c1-2-19-6-3-7-20-14-23(41)16-24(26(19)20)28-27(33)29-30(38-37-28)31(40-18-21-15-22(40)17-34-21)36-25(35-29)8-11-32-9-4-12-39(32)13-5-10-32/h3,6-7,14,16,21-22,34,41H,2,4-5,9-10,12-13,15,17-18H2,1H3/t21-,22-/m0/s1. The molecule has 0 saturated carbocycles. The Bertz CT molecular complexity index is 1770. The van der Waals surface area contributed by atoms with E-state index in [-0.39, 0.29) is 28.5 Å². The van der Waals surface area contributed by atoms with Crippen LogP contribution >= 0.6 is 0 Å². The molecule has 0 spiro atoms. The number of nitrogens with one attached hydrogen (secondary N) is 1. The number of hydrogen-bond donors (Lipinski definition) is 2. The molecule has 4 aromatic rings. The van der Waals surface area contributed by atoms with Gasteiger partial charge in [-0.05, 0) is 86.0 Å². The molecule has 2 aromatic heterocycles. The van der Waals surface area contributed by atoms with Crippen LogP contribution in [-0.2, 0) is 6.42 Å². The first-order valence-electron chi connectivity index (χ1n) is 14.8. The molecule has 0 unspecified atom stereocenters. The third-order valence-electron chi connectivity index (χ3n) is 9.59. The minimum atomic E-state index is -0.566. The second kappa shape index (κ2) is 9.33. The number of aromatic nitrogens is 4. The summed E-state index contributed by atoms with van der Waals surface area (Å²) in [6.07, 6.45) is 6.18. The molecule has 4 fully saturated rings. The van der Waals surface area contributed by atoms with Crippen LogP contribution in [0, 0.1) is 17.7 Å². The van der Waals surface area contributed by atoms with Gasteiger partial charge < -0.3 is 15.3 Å². The Morgan fingerprint density at radius 1 is 1.12 bits per heavy atom. The molecular weight excluding hydrogens is 517 g/mol. The number of fused-ring (bicyclic) bond motifs is 5. The maximum atomic E-state index is 16.7. The first kappa shape index (κ1) is 24.9. The Kier molecular flexibility index (Phi) is 5.66. The number of phenols is 1. The molecule has 6 heterocycles. The van der Waals surface area contributed by atoms with Gasteiger partial charge in [0, 0.05) is 30.7 Å². The van der Waals surface area contributed by atoms with Crippen LogP contribution in [0.1, 0.15) is 50.4 Å². The van der Waals surface area contributed by atoms with E-state index in [0.717, 1.165) is 81.0 Å². The van der Waals surface area contributed by atoms with Crippen molar-refractivity contribution in [1.29, 1.82) is 0 Å². The van der Waals surface area contributed by atoms with E-state index >= 15 is 4.39 Å². The fourth-order valence-corrected chi connectivity index (χ4v) is 7.65. The molecule has 2 N–H and O–H groups in total. The van der Waals surface area contributed by atoms with Gasteiger partial charge in [-0.2, -0.15) is 0 Å². The van der Waals surface area contributed by atoms with E-state index in [1.54, 1.807) is 12.1 Å². The zero-order valence-electron chi connectivity index (χ0n) is 23.1. The summed E-state index contributed by atoms with van der Waals surface area (Å²) in [6.45, 7) is 5.86. The average molecular weight is 550 g/mol. The van der Waals surface area contributed by atoms with Crippen molar-refractivity contribution < 1.29 is 9.50 Å². The largest absolute Gasteiger partial charge is 0.508 e. The van der Waals surface area contributed by atoms with Gasteiger partial charge in [0.05, 0.1) is 5.54 Å². The van der Waals surface area contributed by atoms with E-state index in [1.807, 2.05) is 18.2 Å². The molecule has 2 atom stereocenters. The van der Waals surface area contributed by atoms with Gasteiger partial charge in [-0.3, -0.25) is 4.90 Å². The average Bonchev–Trinajstić information content (AvgIpc) is 3.77. The fourth-order valence-electron chi connectivity index (χ4n) is 7.65. The molecule has 41 heavy (non-hydrogen) atoms. The van der Waals surface area contributed by atoms with Gasteiger partial charge in [-0.1, -0.05) is 31.0 Å². The van der Waals surface area contributed by atoms with Crippen LogP contribution in [0.5, 0.6) is 5.75 Å². The summed E-state index contributed by atoms with van der Waals surface area (Å²) in [5, 5.41) is 24.7. The van der Waals surface area contributed by atoms with Crippen LogP contribution in [0.2, 0.25) is 0 Å². The molecule has 8 nitrogen and oxygen atoms in total. The van der Waals surface area contributed by atoms with Crippen LogP contribution in [0.3, 0.4) is 0 Å². The zero-order valence-corrected chi connectivity index (χ0v) is 23.1. The normalized spacial score (nSPS) is 22.9. The van der Waals surface area contributed by atoms with Crippen molar-refractivity contribution in [3.8, 4) is 28.8 Å². The van der Waals surface area contributed by atoms with Crippen molar-refractivity contribution in [3.05, 3.63) is 47.5 Å². The van der Waals surface area contributed by atoms with Crippen LogP contribution in [0.15, 0.2) is 30.3 Å². The van der Waals surface area contributed by atoms with Crippen molar-refractivity contribution >= 4 is 27.6 Å². The van der Waals surface area contributed by atoms with Crippen LogP contribution in [-0.4, -0.2) is 74.0 Å². The second-order valence-electron chi connectivity index (χ2n) is 11.9. The van der Waals surface area contributed by atoms with Gasteiger partial charge in [0.1, 0.15) is 17.0 Å². The molecule has 0 radical (unpaired) electrons. The van der Waals surface area contributed by atoms with E-state index in [9.17, 15) is 5.11 Å². The van der Waals surface area contributed by atoms with Crippen molar-refractivity contribution in [3.63, 3.8) is 0 Å². The molecular formula is C32H32FN7O. The number of hydrogen-bond acceptors (Lipinski definition) is 8. The lowest BCUT2D eigenvalue weighted by Gasteiger charge is -2.29. The number of nitrogens with zero attached hydrogens (tertiary/aromatic N) is 6. The molecule has 0 amide bonds. The SMILES string of the molecule is CCc1cccc2cc(O)cc(-c3nnc4c(N5C[C@@H]6C[C@H]5CN6)nc(C#CC56CCCN5CCC6)nc4c3F)c12. The Morgan fingerprint density at radius 2 is 1.98 bits per heavy atom. The Hall–Kier alpha value is -3.87. The van der Waals surface area contributed by atoms with E-state index in [0.29, 0.717) is 28.8 Å². The number of benzene rings is 2. The quantitative estimate of drug-likeness (QED) is 0.368. The molecule has 8 rings (SSSR count). The summed E-state index contributed by atoms with van der Waals surface area (Å²) >= 11 is 0. The summed E-state index contributed by atoms with van der Waals surface area (Å²) in [4.78, 5) is 14.3. The minimum absolute atomic E-state index is 0.0505. The predicted octanol–water partition coefficient (Wildman–Crippen LogP) is 4.18. The Morgan fingerprint density at radius 3 is 2.73 bits per heavy atom. The molecule has 4 aliphatic rings. The maximum absolute atomic E-state index is 16.7. The molecule has 2 bridgehead atoms.